The minimum atomic E-state index is -0.938. The molecule has 2 aromatic carbocycles. The van der Waals surface area contributed by atoms with Gasteiger partial charge >= 0.3 is 6.09 Å². The molecule has 0 saturated carbocycles. The average molecular weight is 437 g/mol. The number of nitrogens with one attached hydrogen (secondary N) is 1. The topological polar surface area (TPSA) is 110 Å². The van der Waals surface area contributed by atoms with E-state index in [1.165, 1.54) is 4.90 Å². The largest absolute Gasteiger partial charge is 0.483 e. The summed E-state index contributed by atoms with van der Waals surface area (Å²) < 4.78 is 21.7. The van der Waals surface area contributed by atoms with Gasteiger partial charge in [-0.25, -0.2) is 4.79 Å². The standard InChI is InChI=1S/C23H23N3O6/c1-15-5-2-3-6-18(15)29-13-21(27)26-10-4-7-22(26)32-23(28)25-17(12-24)16-8-9-19-20(11-16)31-14-30-19/h2-3,5-6,8-9,11,17,22H,4,7,10,13-14H2,1H3,(H,25,28)/t17?,22-/m0/s1. The molecule has 9 nitrogen and oxygen atoms in total. The molecule has 1 N–H and O–H groups in total. The van der Waals surface area contributed by atoms with Crippen molar-refractivity contribution in [2.45, 2.75) is 32.0 Å². The SMILES string of the molecule is Cc1ccccc1OCC(=O)N1CCC[C@@H]1OC(=O)NC(C#N)c1ccc2c(c1)OCO2. The fourth-order valence-electron chi connectivity index (χ4n) is 3.64. The Morgan fingerprint density at radius 2 is 2.06 bits per heavy atom. The predicted molar refractivity (Wildman–Crippen MR) is 112 cm³/mol. The smallest absolute Gasteiger partial charge is 0.410 e. The number of carbonyl (C=O) groups is 2. The number of para-hydroxylation sites is 1. The van der Waals surface area contributed by atoms with Gasteiger partial charge in [-0.1, -0.05) is 24.3 Å². The molecule has 2 aliphatic heterocycles. The monoisotopic (exact) mass is 437 g/mol. The molecule has 2 aromatic rings. The van der Waals surface area contributed by atoms with Crippen LogP contribution in [0, 0.1) is 18.3 Å². The number of alkyl carbamates (subject to hydrolysis) is 1. The molecule has 0 aromatic heterocycles. The molecule has 0 spiro atoms. The highest BCUT2D eigenvalue weighted by Crippen LogP contribution is 2.34. The van der Waals surface area contributed by atoms with Gasteiger partial charge in [-0.05, 0) is 42.7 Å². The third kappa shape index (κ3) is 4.70. The third-order valence-corrected chi connectivity index (χ3v) is 5.33. The summed E-state index contributed by atoms with van der Waals surface area (Å²) in [4.78, 5) is 26.6. The van der Waals surface area contributed by atoms with Crippen LogP contribution in [0.3, 0.4) is 0 Å². The summed E-state index contributed by atoms with van der Waals surface area (Å²) in [5.41, 5.74) is 1.47. The minimum absolute atomic E-state index is 0.116. The highest BCUT2D eigenvalue weighted by molar-refractivity contribution is 5.79. The van der Waals surface area contributed by atoms with Gasteiger partial charge in [-0.3, -0.25) is 4.79 Å². The molecule has 2 heterocycles. The zero-order valence-electron chi connectivity index (χ0n) is 17.6. The summed E-state index contributed by atoms with van der Waals surface area (Å²) in [6.45, 7) is 2.34. The van der Waals surface area contributed by atoms with E-state index in [0.29, 0.717) is 42.2 Å². The molecule has 9 heteroatoms. The minimum Gasteiger partial charge on any atom is -0.483 e. The lowest BCUT2D eigenvalue weighted by molar-refractivity contribution is -0.140. The number of ether oxygens (including phenoxy) is 4. The molecule has 0 aliphatic carbocycles. The number of nitriles is 1. The zero-order valence-corrected chi connectivity index (χ0v) is 17.6. The Morgan fingerprint density at radius 1 is 1.25 bits per heavy atom. The average Bonchev–Trinajstić information content (AvgIpc) is 3.45. The normalized spacial score (nSPS) is 17.4. The number of carbonyl (C=O) groups excluding carboxylic acids is 2. The Balaban J connectivity index is 1.33. The first-order valence-corrected chi connectivity index (χ1v) is 10.3. The number of likely N-dealkylation sites (tertiary alicyclic amines) is 1. The second-order valence-electron chi connectivity index (χ2n) is 7.46. The van der Waals surface area contributed by atoms with Gasteiger partial charge in [0.2, 0.25) is 6.79 Å². The van der Waals surface area contributed by atoms with Crippen molar-refractivity contribution in [1.29, 1.82) is 5.26 Å². The van der Waals surface area contributed by atoms with Crippen molar-refractivity contribution in [2.75, 3.05) is 19.9 Å². The number of hydrogen-bond acceptors (Lipinski definition) is 7. The van der Waals surface area contributed by atoms with Crippen LogP contribution in [0.1, 0.15) is 30.0 Å². The second-order valence-corrected chi connectivity index (χ2v) is 7.46. The molecule has 4 rings (SSSR count). The maximum absolute atomic E-state index is 12.6. The van der Waals surface area contributed by atoms with Crippen LogP contribution in [0.5, 0.6) is 17.2 Å². The molecule has 0 bridgehead atoms. The van der Waals surface area contributed by atoms with Crippen molar-refractivity contribution in [2.24, 2.45) is 0 Å². The van der Waals surface area contributed by atoms with Crippen LogP contribution in [0.4, 0.5) is 4.79 Å². The lowest BCUT2D eigenvalue weighted by atomic mass is 10.1. The van der Waals surface area contributed by atoms with E-state index in [0.717, 1.165) is 5.56 Å². The molecule has 166 valence electrons. The van der Waals surface area contributed by atoms with Gasteiger partial charge in [0.15, 0.2) is 24.3 Å². The van der Waals surface area contributed by atoms with Gasteiger partial charge in [0.1, 0.15) is 11.8 Å². The van der Waals surface area contributed by atoms with E-state index in [2.05, 4.69) is 5.32 Å². The van der Waals surface area contributed by atoms with Gasteiger partial charge in [-0.2, -0.15) is 5.26 Å². The van der Waals surface area contributed by atoms with E-state index in [9.17, 15) is 14.9 Å². The third-order valence-electron chi connectivity index (χ3n) is 5.33. The van der Waals surface area contributed by atoms with Gasteiger partial charge in [0.05, 0.1) is 6.07 Å². The quantitative estimate of drug-likeness (QED) is 0.740. The van der Waals surface area contributed by atoms with Crippen molar-refractivity contribution in [3.8, 4) is 23.3 Å². The number of aryl methyl sites for hydroxylation is 1. The molecule has 1 saturated heterocycles. The molecule has 32 heavy (non-hydrogen) atoms. The van der Waals surface area contributed by atoms with Crippen LogP contribution in [-0.2, 0) is 9.53 Å². The Labute approximate surface area is 185 Å². The number of benzene rings is 2. The highest BCUT2D eigenvalue weighted by atomic mass is 16.7. The van der Waals surface area contributed by atoms with E-state index in [1.54, 1.807) is 24.3 Å². The number of hydrogen-bond donors (Lipinski definition) is 1. The second kappa shape index (κ2) is 9.47. The van der Waals surface area contributed by atoms with Crippen molar-refractivity contribution in [3.63, 3.8) is 0 Å². The first kappa shape index (κ1) is 21.3. The Hall–Kier alpha value is -3.93. The van der Waals surface area contributed by atoms with E-state index in [-0.39, 0.29) is 19.3 Å². The molecule has 2 atom stereocenters. The zero-order chi connectivity index (χ0) is 22.5. The Kier molecular flexibility index (Phi) is 6.31. The predicted octanol–water partition coefficient (Wildman–Crippen LogP) is 3.04. The van der Waals surface area contributed by atoms with Crippen LogP contribution < -0.4 is 19.5 Å². The van der Waals surface area contributed by atoms with E-state index >= 15 is 0 Å². The van der Waals surface area contributed by atoms with Crippen LogP contribution in [0.25, 0.3) is 0 Å². The molecule has 2 aliphatic rings. The molecular weight excluding hydrogens is 414 g/mol. The van der Waals surface area contributed by atoms with Gasteiger partial charge in [-0.15, -0.1) is 0 Å². The molecular formula is C23H23N3O6. The van der Waals surface area contributed by atoms with Gasteiger partial charge < -0.3 is 29.2 Å². The van der Waals surface area contributed by atoms with Crippen molar-refractivity contribution in [3.05, 3.63) is 53.6 Å². The summed E-state index contributed by atoms with van der Waals surface area (Å²) in [7, 11) is 0. The van der Waals surface area contributed by atoms with Crippen molar-refractivity contribution < 1.29 is 28.5 Å². The van der Waals surface area contributed by atoms with Crippen molar-refractivity contribution >= 4 is 12.0 Å². The number of amides is 2. The highest BCUT2D eigenvalue weighted by Gasteiger charge is 2.32. The number of fused-ring (bicyclic) bond motifs is 1. The lowest BCUT2D eigenvalue weighted by Gasteiger charge is -2.25. The summed E-state index contributed by atoms with van der Waals surface area (Å²) in [6, 6.07) is 13.5. The van der Waals surface area contributed by atoms with Gasteiger partial charge in [0, 0.05) is 13.0 Å². The summed E-state index contributed by atoms with van der Waals surface area (Å²) in [5, 5.41) is 12.0. The van der Waals surface area contributed by atoms with Crippen LogP contribution in [0.15, 0.2) is 42.5 Å². The first-order chi connectivity index (χ1) is 15.5. The van der Waals surface area contributed by atoms with Gasteiger partial charge in [0.25, 0.3) is 5.91 Å². The van der Waals surface area contributed by atoms with E-state index in [1.807, 2.05) is 31.2 Å². The fraction of sp³-hybridized carbons (Fsp3) is 0.348. The summed E-state index contributed by atoms with van der Waals surface area (Å²) in [6.07, 6.45) is -0.263. The first-order valence-electron chi connectivity index (χ1n) is 10.3. The number of rotatable bonds is 6. The van der Waals surface area contributed by atoms with E-state index < -0.39 is 18.4 Å². The maximum Gasteiger partial charge on any atom is 0.410 e. The number of nitrogens with zero attached hydrogens (tertiary/aromatic N) is 2. The Bertz CT molecular complexity index is 1050. The fourth-order valence-corrected chi connectivity index (χ4v) is 3.64. The van der Waals surface area contributed by atoms with E-state index in [4.69, 9.17) is 18.9 Å². The van der Waals surface area contributed by atoms with Crippen LogP contribution >= 0.6 is 0 Å². The van der Waals surface area contributed by atoms with Crippen molar-refractivity contribution in [1.82, 2.24) is 10.2 Å². The molecule has 2 amide bonds. The molecule has 1 unspecified atom stereocenters. The van der Waals surface area contributed by atoms with Crippen LogP contribution in [-0.4, -0.2) is 43.1 Å². The molecule has 0 radical (unpaired) electrons. The maximum atomic E-state index is 12.6. The Morgan fingerprint density at radius 3 is 2.88 bits per heavy atom. The summed E-state index contributed by atoms with van der Waals surface area (Å²) in [5.74, 6) is 1.46. The molecule has 1 fully saturated rings. The lowest BCUT2D eigenvalue weighted by Crippen LogP contribution is -2.43. The van der Waals surface area contributed by atoms with Crippen LogP contribution in [0.2, 0.25) is 0 Å². The summed E-state index contributed by atoms with van der Waals surface area (Å²) >= 11 is 0.